The van der Waals surface area contributed by atoms with Gasteiger partial charge in [-0.1, -0.05) is 4.39 Å². The van der Waals surface area contributed by atoms with E-state index in [9.17, 15) is 4.53 Å². The van der Waals surface area contributed by atoms with Gasteiger partial charge in [0.25, 0.3) is 11.0 Å². The summed E-state index contributed by atoms with van der Waals surface area (Å²) in [5.74, 6) is 0. The molecule has 3 nitrogen and oxygen atoms in total. The Morgan fingerprint density at radius 3 is 1.80 bits per heavy atom. The molecule has 0 bridgehead atoms. The van der Waals surface area contributed by atoms with Crippen LogP contribution in [0.4, 0.5) is 4.53 Å². The minimum atomic E-state index is -3.26. The molecule has 32 valence electrons. The molecule has 0 atom stereocenters. The molecule has 0 aliphatic rings. The highest BCUT2D eigenvalue weighted by atomic mass is 32.2. The standard InChI is InChI=1S/FHO3S/c1-4-5(2)3/h5H. The first-order valence-corrected chi connectivity index (χ1v) is 1.80. The second-order valence-corrected chi connectivity index (χ2v) is 0.878. The Bertz CT molecular complexity index is 65.0. The lowest BCUT2D eigenvalue weighted by Crippen LogP contribution is -1.66. The lowest BCUT2D eigenvalue weighted by atomic mass is 15.6. The van der Waals surface area contributed by atoms with Crippen LogP contribution in [0.15, 0.2) is 0 Å². The minimum absolute atomic E-state index is 2.20. The van der Waals surface area contributed by atoms with Gasteiger partial charge in [-0.05, 0) is 4.53 Å². The van der Waals surface area contributed by atoms with E-state index < -0.39 is 11.0 Å². The van der Waals surface area contributed by atoms with Crippen molar-refractivity contribution in [2.24, 2.45) is 0 Å². The smallest absolute Gasteiger partial charge is 0.200 e. The van der Waals surface area contributed by atoms with Crippen LogP contribution in [0, 0.1) is 0 Å². The Morgan fingerprint density at radius 1 is 1.60 bits per heavy atom. The van der Waals surface area contributed by atoms with Crippen molar-refractivity contribution in [3.63, 3.8) is 0 Å². The van der Waals surface area contributed by atoms with Gasteiger partial charge in [0, 0.05) is 0 Å². The van der Waals surface area contributed by atoms with Crippen molar-refractivity contribution in [3.05, 3.63) is 0 Å². The summed E-state index contributed by atoms with van der Waals surface area (Å²) in [6.45, 7) is 0. The van der Waals surface area contributed by atoms with Gasteiger partial charge < -0.3 is 0 Å². The minimum Gasteiger partial charge on any atom is -0.200 e. The first kappa shape index (κ1) is 4.84. The molecule has 0 rings (SSSR count). The molecule has 0 aromatic carbocycles. The molecule has 0 aromatic heterocycles. The second kappa shape index (κ2) is 2.10. The normalized spacial score (nSPS) is 9.20. The fourth-order valence-electron chi connectivity index (χ4n) is 0. The Morgan fingerprint density at radius 2 is 1.80 bits per heavy atom. The predicted molar refractivity (Wildman–Crippen MR) is 12.5 cm³/mol. The van der Waals surface area contributed by atoms with Gasteiger partial charge in [0.2, 0.25) is 0 Å². The summed E-state index contributed by atoms with van der Waals surface area (Å²) >= 11 is 0. The van der Waals surface area contributed by atoms with Gasteiger partial charge in [0.05, 0.1) is 0 Å². The highest BCUT2D eigenvalue weighted by Gasteiger charge is 1.68. The van der Waals surface area contributed by atoms with Crippen LogP contribution >= 0.6 is 0 Å². The Kier molecular flexibility index (Phi) is 2.03. The van der Waals surface area contributed by atoms with E-state index in [0.717, 1.165) is 0 Å². The summed E-state index contributed by atoms with van der Waals surface area (Å²) in [6.07, 6.45) is 0. The van der Waals surface area contributed by atoms with Crippen molar-refractivity contribution >= 4 is 11.0 Å². The highest BCUT2D eigenvalue weighted by Crippen LogP contribution is 1.64. The molecule has 0 saturated heterocycles. The van der Waals surface area contributed by atoms with Crippen molar-refractivity contribution in [1.82, 2.24) is 0 Å². The molecule has 0 amide bonds. The zero-order chi connectivity index (χ0) is 4.28. The van der Waals surface area contributed by atoms with Crippen LogP contribution in [0.1, 0.15) is 0 Å². The number of rotatable bonds is 1. The van der Waals surface area contributed by atoms with Crippen LogP contribution < -0.4 is 0 Å². The van der Waals surface area contributed by atoms with E-state index in [1.54, 1.807) is 0 Å². The molecule has 5 heavy (non-hydrogen) atoms. The molecule has 0 fully saturated rings. The van der Waals surface area contributed by atoms with E-state index in [-0.39, 0.29) is 0 Å². The SMILES string of the molecule is O=[SH](=O)OF. The maximum atomic E-state index is 10.0. The van der Waals surface area contributed by atoms with Crippen molar-refractivity contribution < 1.29 is 17.3 Å². The third-order valence-corrected chi connectivity index (χ3v) is 0.169. The van der Waals surface area contributed by atoms with Crippen LogP contribution in [-0.2, 0) is 15.4 Å². The Hall–Kier alpha value is -0.160. The lowest BCUT2D eigenvalue weighted by molar-refractivity contribution is 0.00969. The van der Waals surface area contributed by atoms with Crippen LogP contribution in [-0.4, -0.2) is 8.42 Å². The number of hydrogen-bond acceptors (Lipinski definition) is 3. The van der Waals surface area contributed by atoms with Gasteiger partial charge in [-0.15, -0.1) is 0 Å². The quantitative estimate of drug-likeness (QED) is 0.448. The van der Waals surface area contributed by atoms with Gasteiger partial charge in [-0.2, -0.15) is 8.42 Å². The first-order chi connectivity index (χ1) is 2.27. The first-order valence-electron chi connectivity index (χ1n) is 0.702. The largest absolute Gasteiger partial charge is 0.288 e. The van der Waals surface area contributed by atoms with E-state index in [4.69, 9.17) is 8.42 Å². The van der Waals surface area contributed by atoms with Crippen molar-refractivity contribution in [3.8, 4) is 0 Å². The zero-order valence-corrected chi connectivity index (χ0v) is 2.94. The van der Waals surface area contributed by atoms with E-state index in [2.05, 4.69) is 4.39 Å². The lowest BCUT2D eigenvalue weighted by Gasteiger charge is -1.58. The van der Waals surface area contributed by atoms with E-state index in [1.165, 1.54) is 0 Å². The molecule has 0 heterocycles. The molecule has 0 N–H and O–H groups in total. The van der Waals surface area contributed by atoms with Gasteiger partial charge in [-0.3, -0.25) is 0 Å². The monoisotopic (exact) mass is 100.0 g/mol. The Labute approximate surface area is 29.4 Å². The molecule has 0 radical (unpaired) electrons. The third-order valence-electron chi connectivity index (χ3n) is 0.0563. The third kappa shape index (κ3) is 3.84. The predicted octanol–water partition coefficient (Wildman–Crippen LogP) is -0.586. The fourth-order valence-corrected chi connectivity index (χ4v) is 0. The topological polar surface area (TPSA) is 43.4 Å². The molecule has 0 aliphatic carbocycles. The summed E-state index contributed by atoms with van der Waals surface area (Å²) in [7, 11) is -3.26. The number of thiol groups is 1. The average Bonchev–Trinajstić information content (AvgIpc) is 1.38. The van der Waals surface area contributed by atoms with Crippen LogP contribution in [0.5, 0.6) is 0 Å². The maximum absolute atomic E-state index is 10.0. The highest BCUT2D eigenvalue weighted by molar-refractivity contribution is 7.67. The molecule has 0 saturated carbocycles. The van der Waals surface area contributed by atoms with Crippen molar-refractivity contribution in [1.29, 1.82) is 0 Å². The van der Waals surface area contributed by atoms with Gasteiger partial charge in [0.1, 0.15) is 0 Å². The van der Waals surface area contributed by atoms with Crippen LogP contribution in [0.25, 0.3) is 0 Å². The summed E-state index contributed by atoms with van der Waals surface area (Å²) < 4.78 is 29.8. The Balaban J connectivity index is 3.23. The summed E-state index contributed by atoms with van der Waals surface area (Å²) in [5, 5.41) is 0. The molecule has 0 aliphatic heterocycles. The molecule has 0 unspecified atom stereocenters. The summed E-state index contributed by atoms with van der Waals surface area (Å²) in [5.41, 5.74) is 0. The van der Waals surface area contributed by atoms with E-state index in [0.29, 0.717) is 0 Å². The van der Waals surface area contributed by atoms with Crippen LogP contribution in [0.2, 0.25) is 0 Å². The maximum Gasteiger partial charge on any atom is 0.288 e. The molecule has 0 aromatic rings. The molecular weight excluding hydrogens is 99.1 g/mol. The van der Waals surface area contributed by atoms with Crippen molar-refractivity contribution in [2.45, 2.75) is 0 Å². The molecule has 5 heteroatoms. The summed E-state index contributed by atoms with van der Waals surface area (Å²) in [4.78, 5) is 0. The average molecular weight is 100 g/mol. The molecular formula is HFO3S. The number of hydrogen-bond donors (Lipinski definition) is 1. The van der Waals surface area contributed by atoms with Gasteiger partial charge in [0.15, 0.2) is 0 Å². The van der Waals surface area contributed by atoms with Gasteiger partial charge >= 0.3 is 0 Å². The second-order valence-electron chi connectivity index (χ2n) is 0.293. The van der Waals surface area contributed by atoms with E-state index in [1.807, 2.05) is 0 Å². The number of halogens is 1. The fraction of sp³-hybridized carbons (Fsp3) is 0. The van der Waals surface area contributed by atoms with Crippen molar-refractivity contribution in [2.75, 3.05) is 0 Å². The van der Waals surface area contributed by atoms with Gasteiger partial charge in [-0.25, -0.2) is 0 Å². The summed E-state index contributed by atoms with van der Waals surface area (Å²) in [6, 6.07) is 0. The zero-order valence-electron chi connectivity index (χ0n) is 2.05. The molecule has 0 spiro atoms. The van der Waals surface area contributed by atoms with E-state index >= 15 is 0 Å². The van der Waals surface area contributed by atoms with Crippen LogP contribution in [0.3, 0.4) is 0 Å².